The number of aryl methyl sites for hydroxylation is 3. The number of hydrogen-bond acceptors (Lipinski definition) is 3. The van der Waals surface area contributed by atoms with Gasteiger partial charge in [0.1, 0.15) is 0 Å². The van der Waals surface area contributed by atoms with Gasteiger partial charge in [-0.15, -0.1) is 0 Å². The van der Waals surface area contributed by atoms with Crippen LogP contribution < -0.4 is 4.90 Å². The van der Waals surface area contributed by atoms with E-state index in [9.17, 15) is 9.59 Å². The van der Waals surface area contributed by atoms with Crippen molar-refractivity contribution in [2.24, 2.45) is 0 Å². The zero-order chi connectivity index (χ0) is 24.7. The van der Waals surface area contributed by atoms with Crippen molar-refractivity contribution < 1.29 is 14.3 Å². The molecule has 0 saturated carbocycles. The third-order valence-electron chi connectivity index (χ3n) is 6.09. The van der Waals surface area contributed by atoms with Gasteiger partial charge in [0.25, 0.3) is 5.91 Å². The van der Waals surface area contributed by atoms with E-state index in [4.69, 9.17) is 4.74 Å². The van der Waals surface area contributed by atoms with E-state index in [2.05, 4.69) is 52.5 Å². The van der Waals surface area contributed by atoms with Crippen LogP contribution in [-0.2, 0) is 14.3 Å². The van der Waals surface area contributed by atoms with Crippen LogP contribution in [0.1, 0.15) is 35.0 Å². The van der Waals surface area contributed by atoms with Gasteiger partial charge in [-0.3, -0.25) is 9.69 Å². The highest BCUT2D eigenvalue weighted by molar-refractivity contribution is 9.10. The summed E-state index contributed by atoms with van der Waals surface area (Å²) in [5.41, 5.74) is 8.19. The maximum absolute atomic E-state index is 13.6. The SMILES string of the molecule is COC(=O)C1=C(C)N(c2cccc(Br)c2)C(=O)/C1=C\c1cc(C)n(-c2cc(C)cc(C)c2)c1C. The molecule has 5 nitrogen and oxygen atoms in total. The standard InChI is InChI=1S/C28H27BrN2O3/c1-16-10-17(2)12-24(11-16)30-18(3)13-21(19(30)4)14-25-26(28(33)34-6)20(5)31(27(25)32)23-9-7-8-22(29)15-23/h7-15H,1-6H3/b25-14-. The Labute approximate surface area is 208 Å². The summed E-state index contributed by atoms with van der Waals surface area (Å²) in [5, 5.41) is 0. The first kappa shape index (κ1) is 23.8. The maximum atomic E-state index is 13.6. The number of nitrogens with zero attached hydrogens (tertiary/aromatic N) is 2. The van der Waals surface area contributed by atoms with Crippen molar-refractivity contribution >= 4 is 39.6 Å². The molecule has 0 N–H and O–H groups in total. The lowest BCUT2D eigenvalue weighted by atomic mass is 10.0. The fourth-order valence-corrected chi connectivity index (χ4v) is 5.06. The zero-order valence-corrected chi connectivity index (χ0v) is 21.8. The number of rotatable bonds is 4. The second-order valence-electron chi connectivity index (χ2n) is 8.64. The number of hydrogen-bond donors (Lipinski definition) is 0. The van der Waals surface area contributed by atoms with Gasteiger partial charge in [-0.25, -0.2) is 4.79 Å². The van der Waals surface area contributed by atoms with Crippen molar-refractivity contribution in [2.75, 3.05) is 12.0 Å². The summed E-state index contributed by atoms with van der Waals surface area (Å²) in [6.07, 6.45) is 1.80. The second-order valence-corrected chi connectivity index (χ2v) is 9.55. The van der Waals surface area contributed by atoms with Gasteiger partial charge in [0, 0.05) is 27.2 Å². The van der Waals surface area contributed by atoms with Gasteiger partial charge in [-0.2, -0.15) is 0 Å². The first-order chi connectivity index (χ1) is 16.1. The van der Waals surface area contributed by atoms with Crippen molar-refractivity contribution in [1.82, 2.24) is 4.57 Å². The van der Waals surface area contributed by atoms with Crippen LogP contribution in [-0.4, -0.2) is 23.6 Å². The lowest BCUT2D eigenvalue weighted by molar-refractivity contribution is -0.136. The van der Waals surface area contributed by atoms with Crippen LogP contribution in [0.25, 0.3) is 11.8 Å². The number of amides is 1. The van der Waals surface area contributed by atoms with E-state index in [-0.39, 0.29) is 11.5 Å². The van der Waals surface area contributed by atoms with E-state index in [0.717, 1.165) is 27.1 Å². The summed E-state index contributed by atoms with van der Waals surface area (Å²) < 4.78 is 8.07. The Bertz CT molecular complexity index is 1370. The minimum atomic E-state index is -0.530. The third kappa shape index (κ3) is 4.14. The molecule has 2 aromatic carbocycles. The molecule has 0 aliphatic carbocycles. The van der Waals surface area contributed by atoms with Gasteiger partial charge in [0.15, 0.2) is 0 Å². The van der Waals surface area contributed by atoms with Crippen molar-refractivity contribution in [3.63, 3.8) is 0 Å². The van der Waals surface area contributed by atoms with Crippen LogP contribution in [0.5, 0.6) is 0 Å². The molecule has 0 spiro atoms. The van der Waals surface area contributed by atoms with E-state index >= 15 is 0 Å². The molecule has 3 aromatic rings. The molecule has 0 saturated heterocycles. The molecule has 1 aromatic heterocycles. The number of benzene rings is 2. The molecule has 174 valence electrons. The number of halogens is 1. The Hall–Kier alpha value is -3.38. The molecule has 1 aliphatic heterocycles. The third-order valence-corrected chi connectivity index (χ3v) is 6.58. The Morgan fingerprint density at radius 1 is 0.941 bits per heavy atom. The molecule has 1 aliphatic rings. The molecule has 2 heterocycles. The molecule has 6 heteroatoms. The number of esters is 1. The minimum absolute atomic E-state index is 0.257. The molecule has 0 bridgehead atoms. The fourth-order valence-electron chi connectivity index (χ4n) is 4.67. The predicted octanol–water partition coefficient (Wildman–Crippen LogP) is 6.35. The number of methoxy groups -OCH3 is 1. The summed E-state index contributed by atoms with van der Waals surface area (Å²) in [4.78, 5) is 27.9. The van der Waals surface area contributed by atoms with E-state index in [1.54, 1.807) is 17.9 Å². The highest BCUT2D eigenvalue weighted by Crippen LogP contribution is 2.37. The van der Waals surface area contributed by atoms with Crippen LogP contribution in [0.3, 0.4) is 0 Å². The molecule has 0 unspecified atom stereocenters. The van der Waals surface area contributed by atoms with Crippen molar-refractivity contribution in [3.05, 3.63) is 97.9 Å². The molecule has 0 fully saturated rings. The van der Waals surface area contributed by atoms with Gasteiger partial charge >= 0.3 is 5.97 Å². The van der Waals surface area contributed by atoms with Gasteiger partial charge in [0.05, 0.1) is 23.9 Å². The van der Waals surface area contributed by atoms with Crippen molar-refractivity contribution in [2.45, 2.75) is 34.6 Å². The Morgan fingerprint density at radius 2 is 1.62 bits per heavy atom. The van der Waals surface area contributed by atoms with E-state index in [0.29, 0.717) is 17.0 Å². The van der Waals surface area contributed by atoms with Gasteiger partial charge in [0.2, 0.25) is 0 Å². The summed E-state index contributed by atoms with van der Waals surface area (Å²) in [6.45, 7) is 10.00. The monoisotopic (exact) mass is 518 g/mol. The Balaban J connectivity index is 1.86. The number of carbonyl (C=O) groups excluding carboxylic acids is 2. The summed E-state index contributed by atoms with van der Waals surface area (Å²) in [5.74, 6) is -0.787. The molecule has 0 radical (unpaired) electrons. The number of anilines is 1. The molecular weight excluding hydrogens is 492 g/mol. The van der Waals surface area contributed by atoms with Crippen molar-refractivity contribution in [1.29, 1.82) is 0 Å². The Morgan fingerprint density at radius 3 is 2.24 bits per heavy atom. The van der Waals surface area contributed by atoms with Gasteiger partial charge in [-0.1, -0.05) is 28.1 Å². The number of allylic oxidation sites excluding steroid dienone is 1. The first-order valence-electron chi connectivity index (χ1n) is 11.0. The predicted molar refractivity (Wildman–Crippen MR) is 139 cm³/mol. The average molecular weight is 519 g/mol. The number of ether oxygens (including phenoxy) is 1. The van der Waals surface area contributed by atoms with Crippen LogP contribution in [0.2, 0.25) is 0 Å². The number of carbonyl (C=O) groups is 2. The lowest BCUT2D eigenvalue weighted by Crippen LogP contribution is -2.24. The highest BCUT2D eigenvalue weighted by Gasteiger charge is 2.38. The van der Waals surface area contributed by atoms with E-state index in [1.165, 1.54) is 18.2 Å². The molecule has 1 amide bonds. The molecular formula is C28H27BrN2O3. The van der Waals surface area contributed by atoms with Crippen LogP contribution in [0.4, 0.5) is 5.69 Å². The smallest absolute Gasteiger partial charge is 0.340 e. The zero-order valence-electron chi connectivity index (χ0n) is 20.2. The number of aromatic nitrogens is 1. The van der Waals surface area contributed by atoms with Gasteiger partial charge < -0.3 is 9.30 Å². The average Bonchev–Trinajstić information content (AvgIpc) is 3.18. The molecule has 0 atom stereocenters. The summed E-state index contributed by atoms with van der Waals surface area (Å²) in [6, 6.07) is 15.9. The molecule has 34 heavy (non-hydrogen) atoms. The van der Waals surface area contributed by atoms with E-state index < -0.39 is 5.97 Å². The maximum Gasteiger partial charge on any atom is 0.340 e. The van der Waals surface area contributed by atoms with Crippen molar-refractivity contribution in [3.8, 4) is 5.69 Å². The minimum Gasteiger partial charge on any atom is -0.465 e. The Kier molecular flexibility index (Phi) is 6.36. The van der Waals surface area contributed by atoms with E-state index in [1.807, 2.05) is 44.2 Å². The molecule has 4 rings (SSSR count). The largest absolute Gasteiger partial charge is 0.465 e. The first-order valence-corrected chi connectivity index (χ1v) is 11.8. The summed E-state index contributed by atoms with van der Waals surface area (Å²) in [7, 11) is 1.33. The quantitative estimate of drug-likeness (QED) is 0.298. The second kappa shape index (κ2) is 9.11. The topological polar surface area (TPSA) is 51.5 Å². The lowest BCUT2D eigenvalue weighted by Gasteiger charge is -2.18. The highest BCUT2D eigenvalue weighted by atomic mass is 79.9. The van der Waals surface area contributed by atoms with Crippen LogP contribution >= 0.6 is 15.9 Å². The van der Waals surface area contributed by atoms with Crippen LogP contribution in [0, 0.1) is 27.7 Å². The summed E-state index contributed by atoms with van der Waals surface area (Å²) >= 11 is 3.47. The normalized spacial score (nSPS) is 15.0. The van der Waals surface area contributed by atoms with Crippen LogP contribution in [0.15, 0.2) is 69.8 Å². The van der Waals surface area contributed by atoms with Gasteiger partial charge in [-0.05, 0) is 93.8 Å². The fraction of sp³-hybridized carbons (Fsp3) is 0.214.